The van der Waals surface area contributed by atoms with Crippen LogP contribution in [0.3, 0.4) is 0 Å². The molecule has 1 rings (SSSR count). The maximum atomic E-state index is 11.2. The Labute approximate surface area is 106 Å². The van der Waals surface area contributed by atoms with Crippen molar-refractivity contribution in [3.05, 3.63) is 23.5 Å². The molecule has 5 heteroatoms. The van der Waals surface area contributed by atoms with Crippen molar-refractivity contribution in [3.63, 3.8) is 0 Å². The summed E-state index contributed by atoms with van der Waals surface area (Å²) in [5.41, 5.74) is 0.532. The Morgan fingerprint density at radius 3 is 2.61 bits per heavy atom. The molecule has 0 saturated carbocycles. The van der Waals surface area contributed by atoms with Crippen molar-refractivity contribution in [1.82, 2.24) is 4.57 Å². The van der Waals surface area contributed by atoms with E-state index in [0.717, 1.165) is 0 Å². The number of Topliss-reactive ketones (excluding diaryl/α,β-unsaturated/α-hetero) is 1. The van der Waals surface area contributed by atoms with Gasteiger partial charge in [-0.25, -0.2) is 4.79 Å². The molecular weight excluding hydrogens is 234 g/mol. The van der Waals surface area contributed by atoms with Crippen molar-refractivity contribution in [3.8, 4) is 0 Å². The molecule has 5 nitrogen and oxygen atoms in total. The molecule has 0 bridgehead atoms. The van der Waals surface area contributed by atoms with Gasteiger partial charge in [-0.05, 0) is 18.9 Å². The summed E-state index contributed by atoms with van der Waals surface area (Å²) in [6.07, 6.45) is 1.56. The van der Waals surface area contributed by atoms with Gasteiger partial charge in [-0.1, -0.05) is 13.8 Å². The third-order valence-corrected chi connectivity index (χ3v) is 2.45. The standard InChI is InChI=1S/C13H19NO4/c1-9(2)8-18-5-4-14-7-11(10(3)15)6-12(14)13(16)17/h6-7,9H,4-5,8H2,1-3H3,(H,16,17). The van der Waals surface area contributed by atoms with Crippen LogP contribution in [0.4, 0.5) is 0 Å². The van der Waals surface area contributed by atoms with Crippen LogP contribution in [0.15, 0.2) is 12.3 Å². The number of carbonyl (C=O) groups excluding carboxylic acids is 1. The number of aromatic carboxylic acids is 1. The number of rotatable bonds is 7. The van der Waals surface area contributed by atoms with E-state index < -0.39 is 5.97 Å². The Morgan fingerprint density at radius 2 is 2.11 bits per heavy atom. The number of nitrogens with zero attached hydrogens (tertiary/aromatic N) is 1. The lowest BCUT2D eigenvalue weighted by Crippen LogP contribution is -2.13. The topological polar surface area (TPSA) is 68.5 Å². The molecule has 1 heterocycles. The van der Waals surface area contributed by atoms with E-state index in [2.05, 4.69) is 0 Å². The highest BCUT2D eigenvalue weighted by Crippen LogP contribution is 2.10. The van der Waals surface area contributed by atoms with Crippen molar-refractivity contribution >= 4 is 11.8 Å². The second-order valence-electron chi connectivity index (χ2n) is 4.64. The molecule has 0 spiro atoms. The number of carboxylic acids is 1. The zero-order valence-corrected chi connectivity index (χ0v) is 11.0. The van der Waals surface area contributed by atoms with Gasteiger partial charge < -0.3 is 14.4 Å². The molecule has 0 radical (unpaired) electrons. The summed E-state index contributed by atoms with van der Waals surface area (Å²) < 4.78 is 6.95. The van der Waals surface area contributed by atoms with E-state index in [1.165, 1.54) is 13.0 Å². The van der Waals surface area contributed by atoms with Gasteiger partial charge in [0.1, 0.15) is 5.69 Å². The summed E-state index contributed by atoms with van der Waals surface area (Å²) in [5.74, 6) is -0.730. The number of hydrogen-bond acceptors (Lipinski definition) is 3. The molecule has 1 N–H and O–H groups in total. The van der Waals surface area contributed by atoms with Gasteiger partial charge in [0.15, 0.2) is 5.78 Å². The van der Waals surface area contributed by atoms with E-state index in [4.69, 9.17) is 9.84 Å². The summed E-state index contributed by atoms with van der Waals surface area (Å²) in [7, 11) is 0. The Hall–Kier alpha value is -1.62. The Kier molecular flexibility index (Phi) is 5.09. The molecule has 0 aliphatic rings. The minimum Gasteiger partial charge on any atom is -0.477 e. The van der Waals surface area contributed by atoms with Crippen molar-refractivity contribution in [1.29, 1.82) is 0 Å². The quantitative estimate of drug-likeness (QED) is 0.596. The molecule has 0 unspecified atom stereocenters. The monoisotopic (exact) mass is 253 g/mol. The predicted octanol–water partition coefficient (Wildman–Crippen LogP) is 2.06. The SMILES string of the molecule is CC(=O)c1cc(C(=O)O)n(CCOCC(C)C)c1. The summed E-state index contributed by atoms with van der Waals surface area (Å²) in [4.78, 5) is 22.2. The van der Waals surface area contributed by atoms with E-state index in [1.807, 2.05) is 13.8 Å². The smallest absolute Gasteiger partial charge is 0.352 e. The van der Waals surface area contributed by atoms with Crippen LogP contribution in [0.1, 0.15) is 41.6 Å². The lowest BCUT2D eigenvalue weighted by molar-refractivity contribution is 0.0677. The minimum absolute atomic E-state index is 0.119. The zero-order chi connectivity index (χ0) is 13.7. The van der Waals surface area contributed by atoms with Crippen LogP contribution in [0.5, 0.6) is 0 Å². The summed E-state index contributed by atoms with van der Waals surface area (Å²) in [5, 5.41) is 9.03. The van der Waals surface area contributed by atoms with Gasteiger partial charge in [-0.2, -0.15) is 0 Å². The average Bonchev–Trinajstić information content (AvgIpc) is 2.68. The van der Waals surface area contributed by atoms with Crippen molar-refractivity contribution in [2.24, 2.45) is 5.92 Å². The van der Waals surface area contributed by atoms with Gasteiger partial charge in [0, 0.05) is 24.9 Å². The number of aromatic nitrogens is 1. The van der Waals surface area contributed by atoms with E-state index in [0.29, 0.717) is 31.2 Å². The highest BCUT2D eigenvalue weighted by molar-refractivity contribution is 5.97. The van der Waals surface area contributed by atoms with Crippen molar-refractivity contribution in [2.45, 2.75) is 27.3 Å². The first-order chi connectivity index (χ1) is 8.41. The minimum atomic E-state index is -1.04. The van der Waals surface area contributed by atoms with Crippen LogP contribution in [0.25, 0.3) is 0 Å². The second kappa shape index (κ2) is 6.35. The first-order valence-electron chi connectivity index (χ1n) is 5.94. The van der Waals surface area contributed by atoms with Gasteiger partial charge >= 0.3 is 5.97 Å². The lowest BCUT2D eigenvalue weighted by atomic mass is 10.2. The Balaban J connectivity index is 2.68. The van der Waals surface area contributed by atoms with E-state index in [-0.39, 0.29) is 11.5 Å². The molecule has 0 saturated heterocycles. The van der Waals surface area contributed by atoms with Gasteiger partial charge in [0.2, 0.25) is 0 Å². The fourth-order valence-electron chi connectivity index (χ4n) is 1.55. The lowest BCUT2D eigenvalue weighted by Gasteiger charge is -2.08. The highest BCUT2D eigenvalue weighted by atomic mass is 16.5. The second-order valence-corrected chi connectivity index (χ2v) is 4.64. The molecular formula is C13H19NO4. The fraction of sp³-hybridized carbons (Fsp3) is 0.538. The molecule has 100 valence electrons. The molecule has 0 atom stereocenters. The summed E-state index contributed by atoms with van der Waals surface area (Å²) in [6.45, 7) is 7.02. The molecule has 18 heavy (non-hydrogen) atoms. The van der Waals surface area contributed by atoms with E-state index in [9.17, 15) is 9.59 Å². The van der Waals surface area contributed by atoms with Crippen LogP contribution in [-0.2, 0) is 11.3 Å². The molecule has 1 aromatic rings. The van der Waals surface area contributed by atoms with E-state index >= 15 is 0 Å². The van der Waals surface area contributed by atoms with Crippen LogP contribution in [-0.4, -0.2) is 34.6 Å². The van der Waals surface area contributed by atoms with Crippen molar-refractivity contribution in [2.75, 3.05) is 13.2 Å². The molecule has 0 aliphatic carbocycles. The van der Waals surface area contributed by atoms with Crippen LogP contribution < -0.4 is 0 Å². The van der Waals surface area contributed by atoms with Gasteiger partial charge in [-0.15, -0.1) is 0 Å². The number of carboxylic acid groups (broad SMARTS) is 1. The van der Waals surface area contributed by atoms with Gasteiger partial charge in [-0.3, -0.25) is 4.79 Å². The molecule has 0 amide bonds. The summed E-state index contributed by atoms with van der Waals surface area (Å²) in [6, 6.07) is 1.40. The van der Waals surface area contributed by atoms with Gasteiger partial charge in [0.05, 0.1) is 6.61 Å². The Morgan fingerprint density at radius 1 is 1.44 bits per heavy atom. The van der Waals surface area contributed by atoms with Crippen LogP contribution >= 0.6 is 0 Å². The highest BCUT2D eigenvalue weighted by Gasteiger charge is 2.14. The molecule has 1 aromatic heterocycles. The third kappa shape index (κ3) is 4.00. The first kappa shape index (κ1) is 14.4. The largest absolute Gasteiger partial charge is 0.477 e. The van der Waals surface area contributed by atoms with Crippen LogP contribution in [0.2, 0.25) is 0 Å². The third-order valence-electron chi connectivity index (χ3n) is 2.45. The number of carbonyl (C=O) groups is 2. The normalized spacial score (nSPS) is 10.9. The maximum Gasteiger partial charge on any atom is 0.352 e. The molecule has 0 aromatic carbocycles. The van der Waals surface area contributed by atoms with E-state index in [1.54, 1.807) is 10.8 Å². The average molecular weight is 253 g/mol. The van der Waals surface area contributed by atoms with Crippen LogP contribution in [0, 0.1) is 5.92 Å². The molecule has 0 aliphatic heterocycles. The first-order valence-corrected chi connectivity index (χ1v) is 5.94. The summed E-state index contributed by atoms with van der Waals surface area (Å²) >= 11 is 0. The number of hydrogen-bond donors (Lipinski definition) is 1. The number of ketones is 1. The molecule has 0 fully saturated rings. The fourth-order valence-corrected chi connectivity index (χ4v) is 1.55. The van der Waals surface area contributed by atoms with Crippen molar-refractivity contribution < 1.29 is 19.4 Å². The van der Waals surface area contributed by atoms with Gasteiger partial charge in [0.25, 0.3) is 0 Å². The Bertz CT molecular complexity index is 434. The maximum absolute atomic E-state index is 11.2. The predicted molar refractivity (Wildman–Crippen MR) is 67.1 cm³/mol. The zero-order valence-electron chi connectivity index (χ0n) is 11.0. The number of ether oxygens (including phenoxy) is 1.